The Morgan fingerprint density at radius 3 is 0.843 bits per heavy atom. The molecule has 742 valence electrons. The lowest BCUT2D eigenvalue weighted by molar-refractivity contribution is 0.306. The number of ether oxygens (including phenoxy) is 25. The van der Waals surface area contributed by atoms with Gasteiger partial charge in [-0.05, 0) is 103 Å². The van der Waals surface area contributed by atoms with Crippen LogP contribution in [0.4, 0.5) is 0 Å². The van der Waals surface area contributed by atoms with Crippen molar-refractivity contribution in [3.8, 4) is 200 Å². The van der Waals surface area contributed by atoms with E-state index in [1.54, 1.807) is 94.1 Å². The molecule has 5 aromatic heterocycles. The summed E-state index contributed by atoms with van der Waals surface area (Å²) in [4.78, 5) is 64.9. The third kappa shape index (κ3) is 20.5. The van der Waals surface area contributed by atoms with Crippen LogP contribution in [0.3, 0.4) is 0 Å². The van der Waals surface area contributed by atoms with Gasteiger partial charge in [0, 0.05) is 64.2 Å². The van der Waals surface area contributed by atoms with Crippen LogP contribution in [0, 0.1) is 0 Å². The molecule has 0 amide bonds. The number of hydrogen-bond acceptors (Lipinski definition) is 35. The van der Waals surface area contributed by atoms with E-state index in [2.05, 4.69) is 6.92 Å². The first-order valence-corrected chi connectivity index (χ1v) is 42.3. The van der Waals surface area contributed by atoms with E-state index in [9.17, 15) is 24.0 Å². The Morgan fingerprint density at radius 1 is 0.207 bits per heavy atom. The van der Waals surface area contributed by atoms with Gasteiger partial charge in [0.2, 0.25) is 74.4 Å². The molecule has 15 rings (SSSR count). The first-order valence-electron chi connectivity index (χ1n) is 42.3. The topological polar surface area (TPSA) is 382 Å². The van der Waals surface area contributed by atoms with Gasteiger partial charge in [-0.1, -0.05) is 45.5 Å². The molecule has 0 saturated heterocycles. The first kappa shape index (κ1) is 105. The average Bonchev–Trinajstić information content (AvgIpc) is 0.748. The molecule has 0 spiro atoms. The van der Waals surface area contributed by atoms with Gasteiger partial charge in [-0.15, -0.1) is 0 Å². The normalized spacial score (nSPS) is 10.5. The molecule has 0 radical (unpaired) electrons. The van der Waals surface area contributed by atoms with Gasteiger partial charge in [-0.2, -0.15) is 0 Å². The van der Waals surface area contributed by atoms with Crippen molar-refractivity contribution in [2.75, 3.05) is 178 Å². The number of hydrogen-bond donors (Lipinski definition) is 0. The van der Waals surface area contributed by atoms with Crippen molar-refractivity contribution in [1.29, 1.82) is 0 Å². The van der Waals surface area contributed by atoms with Gasteiger partial charge in [-0.3, -0.25) is 24.0 Å². The summed E-state index contributed by atoms with van der Waals surface area (Å²) in [6, 6.07) is 40.1. The third-order valence-corrected chi connectivity index (χ3v) is 22.1. The zero-order valence-electron chi connectivity index (χ0n) is 82.0. The Morgan fingerprint density at radius 2 is 0.493 bits per heavy atom. The highest BCUT2D eigenvalue weighted by Gasteiger charge is 2.34. The fourth-order valence-electron chi connectivity index (χ4n) is 15.5. The van der Waals surface area contributed by atoms with Crippen LogP contribution >= 0.6 is 0 Å². The standard InChI is InChI=1S/C22H24O9.C21H22O8.C21H22O6.C20H20O7.C20H20O5.CH4/c1-24-12-9-8-11(10-13(12)25-2)16-19(27-4)15(23)14-17(26-3)20(28-5)22(30-7)21(29-6)18(14)31-16;1-23-13-8-7-11(9-15(13)24-2)14-10-12(22)16-17(25-3)19(26-4)21(28-6)20(27-5)18(16)29-14;1-6-12-9-13(7-8-15(12)23-2)16-10-14(22)19-17(27-16)11-18(24-3)20(25-4)21(19)26-5;1-22-12-8-6-11(7-9-12)14-10-13(21)15-16(23-2)18(24-3)20(26-5)19(25-4)17(15)27-14;1-5-12-6-8-13(9-7-12)15-10-14(21)18-16(25-15)11-17(22-2)19(23-3)20(18)24-4;/h8-10H,1-7H3;7-10H,1-6H3;7-11H,6H2,1-5H3;6-10H,1-5H3;6-11H,5H2,1-4H3;1H4. The minimum absolute atomic E-state index is 0. The summed E-state index contributed by atoms with van der Waals surface area (Å²) in [5.41, 5.74) is 5.50. The molecule has 0 saturated carbocycles. The van der Waals surface area contributed by atoms with Crippen molar-refractivity contribution in [3.05, 3.63) is 202 Å². The van der Waals surface area contributed by atoms with Crippen LogP contribution in [-0.4, -0.2) is 178 Å². The van der Waals surface area contributed by atoms with Crippen LogP contribution in [-0.2, 0) is 12.8 Å². The van der Waals surface area contributed by atoms with Crippen molar-refractivity contribution < 1.29 is 141 Å². The molecule has 0 fully saturated rings. The molecule has 35 nitrogen and oxygen atoms in total. The number of benzene rings is 10. The van der Waals surface area contributed by atoms with Gasteiger partial charge in [0.05, 0.1) is 178 Å². The maximum Gasteiger partial charge on any atom is 0.239 e. The fraction of sp³-hybridized carbons (Fsp3) is 0.286. The molecular formula is C105H112O35. The van der Waals surface area contributed by atoms with Gasteiger partial charge in [0.1, 0.15) is 72.6 Å². The monoisotopic (exact) mass is 1930 g/mol. The van der Waals surface area contributed by atoms with Crippen molar-refractivity contribution in [2.45, 2.75) is 34.1 Å². The average molecular weight is 1930 g/mol. The first-order chi connectivity index (χ1) is 67.3. The van der Waals surface area contributed by atoms with E-state index in [0.29, 0.717) is 119 Å². The molecular weight excluding hydrogens is 1820 g/mol. The number of fused-ring (bicyclic) bond motifs is 5. The summed E-state index contributed by atoms with van der Waals surface area (Å²) < 4.78 is 165. The maximum absolute atomic E-state index is 13.5. The van der Waals surface area contributed by atoms with Crippen molar-refractivity contribution in [2.24, 2.45) is 0 Å². The van der Waals surface area contributed by atoms with E-state index in [1.807, 2.05) is 49.4 Å². The Hall–Kier alpha value is -16.8. The lowest BCUT2D eigenvalue weighted by atomic mass is 10.0. The second-order valence-corrected chi connectivity index (χ2v) is 29.0. The predicted molar refractivity (Wildman–Crippen MR) is 529 cm³/mol. The Bertz CT molecular complexity index is 7270. The van der Waals surface area contributed by atoms with Crippen LogP contribution in [0.1, 0.15) is 32.4 Å². The van der Waals surface area contributed by atoms with Crippen LogP contribution in [0.15, 0.2) is 186 Å². The third-order valence-electron chi connectivity index (χ3n) is 22.1. The van der Waals surface area contributed by atoms with E-state index in [1.165, 1.54) is 186 Å². The molecule has 0 aliphatic heterocycles. The zero-order valence-corrected chi connectivity index (χ0v) is 82.0. The van der Waals surface area contributed by atoms with E-state index in [-0.39, 0.29) is 148 Å². The molecule has 0 unspecified atom stereocenters. The Kier molecular flexibility index (Phi) is 35.8. The summed E-state index contributed by atoms with van der Waals surface area (Å²) in [6.45, 7) is 4.14. The lowest BCUT2D eigenvalue weighted by Crippen LogP contribution is -2.11. The minimum atomic E-state index is -0.468. The largest absolute Gasteiger partial charge is 0.497 e. The van der Waals surface area contributed by atoms with Crippen LogP contribution in [0.2, 0.25) is 0 Å². The molecule has 35 heteroatoms. The molecule has 15 aromatic rings. The van der Waals surface area contributed by atoms with E-state index < -0.39 is 5.43 Å². The molecule has 0 N–H and O–H groups in total. The van der Waals surface area contributed by atoms with Crippen molar-refractivity contribution >= 4 is 54.8 Å². The fourth-order valence-corrected chi connectivity index (χ4v) is 15.5. The molecule has 140 heavy (non-hydrogen) atoms. The molecule has 0 atom stereocenters. The minimum Gasteiger partial charge on any atom is -0.497 e. The zero-order chi connectivity index (χ0) is 101. The van der Waals surface area contributed by atoms with Crippen molar-refractivity contribution in [1.82, 2.24) is 0 Å². The Labute approximate surface area is 805 Å². The van der Waals surface area contributed by atoms with Crippen LogP contribution in [0.25, 0.3) is 111 Å². The highest BCUT2D eigenvalue weighted by molar-refractivity contribution is 5.99. The summed E-state index contributed by atoms with van der Waals surface area (Å²) in [5, 5.41) is 1.13. The molecule has 0 aliphatic rings. The van der Waals surface area contributed by atoms with E-state index in [0.717, 1.165) is 35.3 Å². The van der Waals surface area contributed by atoms with Gasteiger partial charge < -0.3 is 141 Å². The SMILES string of the molecule is C.CCc1cc(-c2cc(=O)c3c(OC)c(OC)c(OC)cc3o2)ccc1OC.CCc1ccc(-c2cc(=O)c3c(OC)c(OC)c(OC)cc3o2)cc1.COc1ccc(-c2cc(=O)c3c(OC)c(OC)c(OC)c(OC)c3o2)cc1.COc1ccc(-c2cc(=O)c3c(OC)c(OC)c(OC)c(OC)c3o2)cc1OC.COc1ccc(-c2oc3c(OC)c(OC)c(OC)c(OC)c3c(=O)c2OC)cc1OC. The van der Waals surface area contributed by atoms with Crippen molar-refractivity contribution in [3.63, 3.8) is 0 Å². The highest BCUT2D eigenvalue weighted by Crippen LogP contribution is 2.56. The smallest absolute Gasteiger partial charge is 0.239 e. The molecule has 0 aliphatic carbocycles. The molecule has 10 aromatic carbocycles. The van der Waals surface area contributed by atoms with Crippen LogP contribution in [0.5, 0.6) is 144 Å². The van der Waals surface area contributed by atoms with Gasteiger partial charge in [0.15, 0.2) is 107 Å². The second-order valence-electron chi connectivity index (χ2n) is 29.0. The lowest BCUT2D eigenvalue weighted by Gasteiger charge is -2.19. The van der Waals surface area contributed by atoms with Gasteiger partial charge in [0.25, 0.3) is 0 Å². The van der Waals surface area contributed by atoms with E-state index in [4.69, 9.17) is 141 Å². The quantitative estimate of drug-likeness (QED) is 0.0378. The highest BCUT2D eigenvalue weighted by atomic mass is 16.6. The second kappa shape index (κ2) is 47.6. The summed E-state index contributed by atoms with van der Waals surface area (Å²) in [6.07, 6.45) is 1.75. The number of aryl methyl sites for hydroxylation is 2. The Balaban J connectivity index is 0.000000180. The molecule has 0 bridgehead atoms. The predicted octanol–water partition coefficient (Wildman–Crippen LogP) is 19.3. The van der Waals surface area contributed by atoms with E-state index >= 15 is 0 Å². The number of rotatable bonds is 32. The summed E-state index contributed by atoms with van der Waals surface area (Å²) in [7, 11) is 37.1. The van der Waals surface area contributed by atoms with Crippen LogP contribution < -0.4 is 146 Å². The molecule has 5 heterocycles. The maximum atomic E-state index is 13.5. The van der Waals surface area contributed by atoms with Gasteiger partial charge >= 0.3 is 0 Å². The number of methoxy groups -OCH3 is 25. The van der Waals surface area contributed by atoms with Gasteiger partial charge in [-0.25, -0.2) is 0 Å². The summed E-state index contributed by atoms with van der Waals surface area (Å²) in [5.74, 6) is 10.2. The summed E-state index contributed by atoms with van der Waals surface area (Å²) >= 11 is 0.